The zero-order chi connectivity index (χ0) is 27.7. The first-order chi connectivity index (χ1) is 18.7. The first kappa shape index (κ1) is 25.7. The molecular formula is C29H29N7O3. The number of aromatic nitrogens is 4. The second kappa shape index (κ2) is 10.1. The minimum Gasteiger partial charge on any atom is -0.457 e. The van der Waals surface area contributed by atoms with Crippen molar-refractivity contribution in [2.45, 2.75) is 33.2 Å². The molecule has 1 unspecified atom stereocenters. The summed E-state index contributed by atoms with van der Waals surface area (Å²) >= 11 is 0. The Morgan fingerprint density at radius 1 is 1.10 bits per heavy atom. The fraction of sp³-hybridized carbons (Fsp3) is 0.276. The van der Waals surface area contributed by atoms with Gasteiger partial charge in [0, 0.05) is 13.1 Å². The molecule has 1 saturated heterocycles. The molecular weight excluding hydrogens is 494 g/mol. The molecule has 10 nitrogen and oxygen atoms in total. The summed E-state index contributed by atoms with van der Waals surface area (Å²) < 4.78 is 8.95. The predicted octanol–water partition coefficient (Wildman–Crippen LogP) is 4.23. The SMILES string of the molecule is CC(C)(C)C=C(C#N)C(=O)N1CCC(n2c(=O)n(-c3ccc(Oc4ccccc4)cc3)c3c(N)ncnc32)C1. The number of amides is 1. The second-order valence-electron chi connectivity index (χ2n) is 10.6. The summed E-state index contributed by atoms with van der Waals surface area (Å²) in [6, 6.07) is 18.2. The van der Waals surface area contributed by atoms with Gasteiger partial charge in [-0.15, -0.1) is 0 Å². The first-order valence-electron chi connectivity index (χ1n) is 12.7. The fourth-order valence-corrected chi connectivity index (χ4v) is 4.81. The van der Waals surface area contributed by atoms with E-state index in [1.165, 1.54) is 10.9 Å². The van der Waals surface area contributed by atoms with Crippen LogP contribution in [0.1, 0.15) is 33.2 Å². The molecule has 5 rings (SSSR count). The Morgan fingerprint density at radius 2 is 1.79 bits per heavy atom. The van der Waals surface area contributed by atoms with Gasteiger partial charge in [0.1, 0.15) is 35.0 Å². The van der Waals surface area contributed by atoms with Crippen LogP contribution >= 0.6 is 0 Å². The number of rotatable bonds is 5. The molecule has 1 amide bonds. The van der Waals surface area contributed by atoms with Crippen LogP contribution in [0.3, 0.4) is 0 Å². The molecule has 198 valence electrons. The number of anilines is 1. The van der Waals surface area contributed by atoms with Gasteiger partial charge >= 0.3 is 5.69 Å². The van der Waals surface area contributed by atoms with Crippen molar-refractivity contribution in [2.75, 3.05) is 18.8 Å². The van der Waals surface area contributed by atoms with Gasteiger partial charge in [-0.3, -0.25) is 13.9 Å². The maximum Gasteiger partial charge on any atom is 0.335 e. The number of nitriles is 1. The van der Waals surface area contributed by atoms with Crippen LogP contribution in [0, 0.1) is 16.7 Å². The molecule has 1 aliphatic rings. The Kier molecular flexibility index (Phi) is 6.66. The molecule has 10 heteroatoms. The Labute approximate surface area is 225 Å². The van der Waals surface area contributed by atoms with Gasteiger partial charge in [0.25, 0.3) is 5.91 Å². The van der Waals surface area contributed by atoms with E-state index in [2.05, 4.69) is 9.97 Å². The monoisotopic (exact) mass is 523 g/mol. The Balaban J connectivity index is 1.49. The number of nitrogens with zero attached hydrogens (tertiary/aromatic N) is 6. The van der Waals surface area contributed by atoms with Crippen LogP contribution in [-0.2, 0) is 4.79 Å². The Morgan fingerprint density at radius 3 is 2.46 bits per heavy atom. The van der Waals surface area contributed by atoms with Gasteiger partial charge in [0.05, 0.1) is 11.7 Å². The van der Waals surface area contributed by atoms with Crippen molar-refractivity contribution in [3.8, 4) is 23.3 Å². The molecule has 2 aromatic heterocycles. The average molecular weight is 524 g/mol. The van der Waals surface area contributed by atoms with Gasteiger partial charge in [0.2, 0.25) is 0 Å². The van der Waals surface area contributed by atoms with Crippen molar-refractivity contribution in [1.29, 1.82) is 5.26 Å². The van der Waals surface area contributed by atoms with Crippen LogP contribution in [-0.4, -0.2) is 43.0 Å². The third kappa shape index (κ3) is 5.11. The summed E-state index contributed by atoms with van der Waals surface area (Å²) in [6.45, 7) is 6.49. The molecule has 1 fully saturated rings. The lowest BCUT2D eigenvalue weighted by Crippen LogP contribution is -2.33. The van der Waals surface area contributed by atoms with Gasteiger partial charge in [-0.1, -0.05) is 45.0 Å². The van der Waals surface area contributed by atoms with Crippen LogP contribution in [0.25, 0.3) is 16.9 Å². The van der Waals surface area contributed by atoms with Crippen molar-refractivity contribution in [3.63, 3.8) is 0 Å². The van der Waals surface area contributed by atoms with Gasteiger partial charge < -0.3 is 15.4 Å². The van der Waals surface area contributed by atoms with Crippen molar-refractivity contribution < 1.29 is 9.53 Å². The lowest BCUT2D eigenvalue weighted by Gasteiger charge is -2.18. The molecule has 1 aliphatic heterocycles. The molecule has 39 heavy (non-hydrogen) atoms. The number of likely N-dealkylation sites (tertiary alicyclic amines) is 1. The van der Waals surface area contributed by atoms with Crippen molar-refractivity contribution in [3.05, 3.63) is 83.1 Å². The number of para-hydroxylation sites is 1. The predicted molar refractivity (Wildman–Crippen MR) is 147 cm³/mol. The van der Waals surface area contributed by atoms with Crippen molar-refractivity contribution >= 4 is 22.9 Å². The van der Waals surface area contributed by atoms with Gasteiger partial charge in [-0.25, -0.2) is 14.8 Å². The average Bonchev–Trinajstić information content (AvgIpc) is 3.50. The molecule has 0 radical (unpaired) electrons. The molecule has 4 aromatic rings. The molecule has 2 aromatic carbocycles. The van der Waals surface area contributed by atoms with Crippen LogP contribution in [0.4, 0.5) is 5.82 Å². The molecule has 0 saturated carbocycles. The van der Waals surface area contributed by atoms with E-state index in [0.29, 0.717) is 41.3 Å². The number of carbonyl (C=O) groups is 1. The van der Waals surface area contributed by atoms with Crippen molar-refractivity contribution in [1.82, 2.24) is 24.0 Å². The van der Waals surface area contributed by atoms with Crippen LogP contribution in [0.2, 0.25) is 0 Å². The summed E-state index contributed by atoms with van der Waals surface area (Å²) in [7, 11) is 0. The lowest BCUT2D eigenvalue weighted by atomic mass is 9.93. The molecule has 0 bridgehead atoms. The highest BCUT2D eigenvalue weighted by atomic mass is 16.5. The maximum absolute atomic E-state index is 13.9. The summed E-state index contributed by atoms with van der Waals surface area (Å²) in [5.74, 6) is 1.16. The smallest absolute Gasteiger partial charge is 0.335 e. The third-order valence-corrected chi connectivity index (χ3v) is 6.50. The van der Waals surface area contributed by atoms with Gasteiger partial charge in [0.15, 0.2) is 11.5 Å². The van der Waals surface area contributed by atoms with Crippen LogP contribution < -0.4 is 16.2 Å². The quantitative estimate of drug-likeness (QED) is 0.306. The van der Waals surface area contributed by atoms with Gasteiger partial charge in [-0.05, 0) is 48.2 Å². The highest BCUT2D eigenvalue weighted by molar-refractivity contribution is 5.97. The summed E-state index contributed by atoms with van der Waals surface area (Å²) in [5, 5.41) is 9.59. The zero-order valence-electron chi connectivity index (χ0n) is 22.0. The van der Waals surface area contributed by atoms with Crippen LogP contribution in [0.5, 0.6) is 11.5 Å². The number of carbonyl (C=O) groups excluding carboxylic acids is 1. The Hall–Kier alpha value is -4.91. The van der Waals surface area contributed by atoms with E-state index >= 15 is 0 Å². The molecule has 0 spiro atoms. The van der Waals surface area contributed by atoms with Crippen molar-refractivity contribution in [2.24, 2.45) is 5.41 Å². The van der Waals surface area contributed by atoms with Crippen LogP contribution in [0.15, 0.2) is 77.4 Å². The molecule has 0 aliphatic carbocycles. The largest absolute Gasteiger partial charge is 0.457 e. The number of imidazole rings is 1. The third-order valence-electron chi connectivity index (χ3n) is 6.50. The minimum absolute atomic E-state index is 0.0994. The van der Waals surface area contributed by atoms with Gasteiger partial charge in [-0.2, -0.15) is 5.26 Å². The first-order valence-corrected chi connectivity index (χ1v) is 12.7. The number of allylic oxidation sites excluding steroid dienone is 1. The number of hydrogen-bond donors (Lipinski definition) is 1. The topological polar surface area (TPSA) is 132 Å². The normalized spacial score (nSPS) is 15.9. The number of ether oxygens (including phenoxy) is 1. The minimum atomic E-state index is -0.338. The molecule has 3 heterocycles. The molecule has 2 N–H and O–H groups in total. The Bertz CT molecular complexity index is 1660. The second-order valence-corrected chi connectivity index (χ2v) is 10.6. The number of fused-ring (bicyclic) bond motifs is 1. The molecule has 1 atom stereocenters. The summed E-state index contributed by atoms with van der Waals surface area (Å²) in [6.07, 6.45) is 3.54. The zero-order valence-corrected chi connectivity index (χ0v) is 22.0. The highest BCUT2D eigenvalue weighted by Crippen LogP contribution is 2.29. The number of nitrogens with two attached hydrogens (primary N) is 1. The standard InChI is InChI=1S/C29H29N7O3/c1-29(2,3)15-19(16-30)27(37)34-14-13-21(17-34)36-26-24(25(31)32-18-33-26)35(28(36)38)20-9-11-23(12-10-20)39-22-7-5-4-6-8-22/h4-12,15,18,21H,13-14,17H2,1-3H3,(H2,31,32,33). The van der Waals surface area contributed by atoms with E-state index in [1.807, 2.05) is 57.2 Å². The van der Waals surface area contributed by atoms with E-state index < -0.39 is 0 Å². The lowest BCUT2D eigenvalue weighted by molar-refractivity contribution is -0.125. The number of nitrogen functional groups attached to an aromatic ring is 1. The highest BCUT2D eigenvalue weighted by Gasteiger charge is 2.33. The van der Waals surface area contributed by atoms with E-state index in [0.717, 1.165) is 0 Å². The number of hydrogen-bond acceptors (Lipinski definition) is 7. The van der Waals surface area contributed by atoms with E-state index in [1.54, 1.807) is 39.8 Å². The maximum atomic E-state index is 13.9. The summed E-state index contributed by atoms with van der Waals surface area (Å²) in [5.41, 5.74) is 7.06. The number of benzene rings is 2. The van der Waals surface area contributed by atoms with E-state index in [-0.39, 0.29) is 41.0 Å². The summed E-state index contributed by atoms with van der Waals surface area (Å²) in [4.78, 5) is 37.1. The fourth-order valence-electron chi connectivity index (χ4n) is 4.81. The van der Waals surface area contributed by atoms with E-state index in [4.69, 9.17) is 10.5 Å². The van der Waals surface area contributed by atoms with E-state index in [9.17, 15) is 14.9 Å².